The summed E-state index contributed by atoms with van der Waals surface area (Å²) in [6.45, 7) is 4.24. The molecule has 3 rings (SSSR count). The average molecular weight is 543 g/mol. The Hall–Kier alpha value is -3.98. The highest BCUT2D eigenvalue weighted by Gasteiger charge is 2.22. The van der Waals surface area contributed by atoms with Gasteiger partial charge in [0.2, 0.25) is 0 Å². The SMILES string of the molecule is CCc1cc(NC(=O)c2ncc(-c3ccc(OCC#N)c(F)c3Cl)n2C)ccc1C(=O)N(CC)OCCN. The quantitative estimate of drug-likeness (QED) is 0.350. The molecule has 2 aromatic carbocycles. The number of carbonyl (C=O) groups excluding carboxylic acids is 2. The van der Waals surface area contributed by atoms with Crippen molar-refractivity contribution in [3.8, 4) is 23.1 Å². The number of halogens is 2. The fraction of sp³-hybridized carbons (Fsp3) is 0.308. The topological polar surface area (TPSA) is 136 Å². The molecule has 12 heteroatoms. The van der Waals surface area contributed by atoms with Crippen molar-refractivity contribution in [3.63, 3.8) is 0 Å². The van der Waals surface area contributed by atoms with E-state index in [1.54, 1.807) is 38.2 Å². The van der Waals surface area contributed by atoms with E-state index in [1.807, 2.05) is 6.92 Å². The minimum atomic E-state index is -0.816. The van der Waals surface area contributed by atoms with Crippen molar-refractivity contribution >= 4 is 29.1 Å². The lowest BCUT2D eigenvalue weighted by atomic mass is 10.0. The summed E-state index contributed by atoms with van der Waals surface area (Å²) < 4.78 is 21.2. The van der Waals surface area contributed by atoms with Crippen molar-refractivity contribution in [1.29, 1.82) is 5.26 Å². The molecule has 0 fully saturated rings. The van der Waals surface area contributed by atoms with Crippen molar-refractivity contribution in [2.24, 2.45) is 12.8 Å². The van der Waals surface area contributed by atoms with Crippen LogP contribution in [0.5, 0.6) is 5.75 Å². The summed E-state index contributed by atoms with van der Waals surface area (Å²) in [6, 6.07) is 9.62. The standard InChI is InChI=1S/C26H28ClFN6O4/c1-4-16-14-17(6-7-18(16)26(36)34(5-2)38-13-11-30)32-25(35)24-31-15-20(33(24)3)19-8-9-21(37-12-10-29)23(28)22(19)27/h6-9,14-15H,4-5,11-13,30H2,1-3H3,(H,32,35). The summed E-state index contributed by atoms with van der Waals surface area (Å²) in [6.07, 6.45) is 1.95. The van der Waals surface area contributed by atoms with E-state index < -0.39 is 11.7 Å². The van der Waals surface area contributed by atoms with Gasteiger partial charge >= 0.3 is 0 Å². The summed E-state index contributed by atoms with van der Waals surface area (Å²) in [5, 5.41) is 12.5. The van der Waals surface area contributed by atoms with E-state index in [9.17, 15) is 14.0 Å². The number of nitrogens with zero attached hydrogens (tertiary/aromatic N) is 4. The molecule has 38 heavy (non-hydrogen) atoms. The second-order valence-corrected chi connectivity index (χ2v) is 8.39. The molecule has 0 atom stereocenters. The number of hydrogen-bond donors (Lipinski definition) is 2. The van der Waals surface area contributed by atoms with Crippen LogP contribution in [-0.4, -0.2) is 52.7 Å². The lowest BCUT2D eigenvalue weighted by Crippen LogP contribution is -2.33. The molecule has 3 N–H and O–H groups in total. The average Bonchev–Trinajstić information content (AvgIpc) is 3.30. The van der Waals surface area contributed by atoms with Gasteiger partial charge in [-0.3, -0.25) is 14.4 Å². The molecular weight excluding hydrogens is 515 g/mol. The molecule has 0 aliphatic heterocycles. The zero-order valence-electron chi connectivity index (χ0n) is 21.3. The molecule has 0 aliphatic carbocycles. The maximum absolute atomic E-state index is 14.6. The smallest absolute Gasteiger partial charge is 0.291 e. The number of ether oxygens (including phenoxy) is 1. The molecule has 0 aliphatic rings. The number of anilines is 1. The number of benzene rings is 2. The third-order valence-electron chi connectivity index (χ3n) is 5.66. The minimum Gasteiger partial charge on any atom is -0.476 e. The zero-order chi connectivity index (χ0) is 27.8. The first kappa shape index (κ1) is 28.6. The maximum atomic E-state index is 14.6. The van der Waals surface area contributed by atoms with Crippen LogP contribution in [0.4, 0.5) is 10.1 Å². The zero-order valence-corrected chi connectivity index (χ0v) is 22.0. The molecule has 3 aromatic rings. The highest BCUT2D eigenvalue weighted by molar-refractivity contribution is 6.33. The number of hydroxylamine groups is 2. The second-order valence-electron chi connectivity index (χ2n) is 8.01. The van der Waals surface area contributed by atoms with Crippen LogP contribution in [0.2, 0.25) is 5.02 Å². The molecular formula is C26H28ClFN6O4. The molecule has 0 spiro atoms. The second kappa shape index (κ2) is 13.0. The van der Waals surface area contributed by atoms with Crippen LogP contribution >= 0.6 is 11.6 Å². The Labute approximate surface area is 224 Å². The summed E-state index contributed by atoms with van der Waals surface area (Å²) in [4.78, 5) is 35.6. The van der Waals surface area contributed by atoms with E-state index >= 15 is 0 Å². The van der Waals surface area contributed by atoms with Crippen LogP contribution in [0.25, 0.3) is 11.3 Å². The first-order valence-electron chi connectivity index (χ1n) is 11.9. The maximum Gasteiger partial charge on any atom is 0.291 e. The van der Waals surface area contributed by atoms with E-state index in [4.69, 9.17) is 32.2 Å². The minimum absolute atomic E-state index is 0.0619. The van der Waals surface area contributed by atoms with Gasteiger partial charge in [-0.1, -0.05) is 18.5 Å². The Morgan fingerprint density at radius 2 is 2.05 bits per heavy atom. The van der Waals surface area contributed by atoms with Gasteiger partial charge in [0.25, 0.3) is 11.8 Å². The van der Waals surface area contributed by atoms with Crippen LogP contribution in [0.1, 0.15) is 40.4 Å². The normalized spacial score (nSPS) is 10.7. The number of aryl methyl sites for hydroxylation is 1. The number of hydrogen-bond acceptors (Lipinski definition) is 7. The van der Waals surface area contributed by atoms with Gasteiger partial charge in [0, 0.05) is 37.0 Å². The van der Waals surface area contributed by atoms with Crippen LogP contribution in [0.3, 0.4) is 0 Å². The van der Waals surface area contributed by atoms with Gasteiger partial charge in [0.05, 0.1) is 23.5 Å². The van der Waals surface area contributed by atoms with Gasteiger partial charge in [0.1, 0.15) is 6.07 Å². The first-order chi connectivity index (χ1) is 18.3. The van der Waals surface area contributed by atoms with E-state index in [1.165, 1.54) is 28.0 Å². The van der Waals surface area contributed by atoms with Crippen LogP contribution in [0.15, 0.2) is 36.5 Å². The molecule has 1 heterocycles. The molecule has 1 aromatic heterocycles. The number of nitriles is 1. The van der Waals surface area contributed by atoms with Crippen molar-refractivity contribution in [2.45, 2.75) is 20.3 Å². The van der Waals surface area contributed by atoms with E-state index in [0.717, 1.165) is 5.56 Å². The molecule has 0 radical (unpaired) electrons. The van der Waals surface area contributed by atoms with Crippen molar-refractivity contribution in [1.82, 2.24) is 14.6 Å². The lowest BCUT2D eigenvalue weighted by Gasteiger charge is -2.21. The van der Waals surface area contributed by atoms with Gasteiger partial charge in [0.15, 0.2) is 24.0 Å². The number of nitrogens with two attached hydrogens (primary N) is 1. The first-order valence-corrected chi connectivity index (χ1v) is 12.2. The molecule has 0 saturated heterocycles. The van der Waals surface area contributed by atoms with Crippen molar-refractivity contribution in [2.75, 3.05) is 31.6 Å². The highest BCUT2D eigenvalue weighted by Crippen LogP contribution is 2.35. The van der Waals surface area contributed by atoms with Gasteiger partial charge in [-0.05, 0) is 49.2 Å². The highest BCUT2D eigenvalue weighted by atomic mass is 35.5. The number of aromatic nitrogens is 2. The largest absolute Gasteiger partial charge is 0.476 e. The number of amides is 2. The summed E-state index contributed by atoms with van der Waals surface area (Å²) in [5.41, 5.74) is 7.84. The predicted octanol–water partition coefficient (Wildman–Crippen LogP) is 3.95. The Morgan fingerprint density at radius 1 is 1.29 bits per heavy atom. The predicted molar refractivity (Wildman–Crippen MR) is 140 cm³/mol. The number of carbonyl (C=O) groups is 2. The molecule has 2 amide bonds. The van der Waals surface area contributed by atoms with Gasteiger partial charge in [-0.15, -0.1) is 0 Å². The summed E-state index contributed by atoms with van der Waals surface area (Å²) in [7, 11) is 1.60. The number of nitrogens with one attached hydrogen (secondary N) is 1. The summed E-state index contributed by atoms with van der Waals surface area (Å²) >= 11 is 6.21. The van der Waals surface area contributed by atoms with Crippen LogP contribution in [-0.2, 0) is 18.3 Å². The van der Waals surface area contributed by atoms with E-state index in [0.29, 0.717) is 35.5 Å². The Kier molecular flexibility index (Phi) is 9.78. The van der Waals surface area contributed by atoms with E-state index in [2.05, 4.69) is 10.3 Å². The van der Waals surface area contributed by atoms with Gasteiger partial charge in [-0.2, -0.15) is 5.26 Å². The third-order valence-corrected chi connectivity index (χ3v) is 6.03. The molecule has 0 saturated carbocycles. The lowest BCUT2D eigenvalue weighted by molar-refractivity contribution is -0.117. The van der Waals surface area contributed by atoms with E-state index in [-0.39, 0.29) is 42.3 Å². The molecule has 200 valence electrons. The number of imidazole rings is 1. The van der Waals surface area contributed by atoms with Gasteiger partial charge < -0.3 is 20.4 Å². The van der Waals surface area contributed by atoms with Crippen molar-refractivity contribution in [3.05, 3.63) is 64.3 Å². The monoisotopic (exact) mass is 542 g/mol. The molecule has 10 nitrogen and oxygen atoms in total. The molecule has 0 unspecified atom stereocenters. The van der Waals surface area contributed by atoms with Crippen LogP contribution in [0, 0.1) is 17.1 Å². The summed E-state index contributed by atoms with van der Waals surface area (Å²) in [5.74, 6) is -1.71. The Morgan fingerprint density at radius 3 is 2.71 bits per heavy atom. The molecule has 0 bridgehead atoms. The Balaban J connectivity index is 1.82. The van der Waals surface area contributed by atoms with Crippen LogP contribution < -0.4 is 15.8 Å². The number of rotatable bonds is 11. The third kappa shape index (κ3) is 6.11. The van der Waals surface area contributed by atoms with Crippen molar-refractivity contribution < 1.29 is 23.6 Å². The Bertz CT molecular complexity index is 1370. The van der Waals surface area contributed by atoms with Gasteiger partial charge in [-0.25, -0.2) is 14.4 Å². The fourth-order valence-electron chi connectivity index (χ4n) is 3.77. The fourth-order valence-corrected chi connectivity index (χ4v) is 4.03.